The van der Waals surface area contributed by atoms with Crippen LogP contribution in [-0.2, 0) is 6.54 Å². The number of nitrogens with two attached hydrogens (primary N) is 1. The van der Waals surface area contributed by atoms with E-state index in [-0.39, 0.29) is 5.91 Å². The third kappa shape index (κ3) is 5.45. The summed E-state index contributed by atoms with van der Waals surface area (Å²) in [6.45, 7) is 8.83. The fraction of sp³-hybridized carbons (Fsp3) is 0.500. The van der Waals surface area contributed by atoms with Crippen LogP contribution in [0.5, 0.6) is 0 Å². The summed E-state index contributed by atoms with van der Waals surface area (Å²) in [4.78, 5) is 18.2. The van der Waals surface area contributed by atoms with Gasteiger partial charge in [0.2, 0.25) is 0 Å². The average molecular weight is 290 g/mol. The first-order chi connectivity index (χ1) is 10.1. The SMILES string of the molecule is CCCNC(N)=NCc1ccc(C(=O)N(CC)CC)cc1. The van der Waals surface area contributed by atoms with Gasteiger partial charge in [0.1, 0.15) is 0 Å². The molecule has 3 N–H and O–H groups in total. The van der Waals surface area contributed by atoms with E-state index >= 15 is 0 Å². The van der Waals surface area contributed by atoms with E-state index in [2.05, 4.69) is 17.2 Å². The summed E-state index contributed by atoms with van der Waals surface area (Å²) in [6, 6.07) is 7.54. The maximum absolute atomic E-state index is 12.2. The summed E-state index contributed by atoms with van der Waals surface area (Å²) in [7, 11) is 0. The van der Waals surface area contributed by atoms with Crippen molar-refractivity contribution in [3.63, 3.8) is 0 Å². The molecule has 0 saturated heterocycles. The van der Waals surface area contributed by atoms with Crippen LogP contribution in [0.25, 0.3) is 0 Å². The Morgan fingerprint density at radius 2 is 1.81 bits per heavy atom. The number of aliphatic imine (C=N–C) groups is 1. The van der Waals surface area contributed by atoms with Gasteiger partial charge in [-0.15, -0.1) is 0 Å². The van der Waals surface area contributed by atoms with Gasteiger partial charge in [-0.25, -0.2) is 4.99 Å². The third-order valence-corrected chi connectivity index (χ3v) is 3.24. The molecule has 21 heavy (non-hydrogen) atoms. The number of nitrogens with one attached hydrogen (secondary N) is 1. The van der Waals surface area contributed by atoms with Crippen molar-refractivity contribution in [3.8, 4) is 0 Å². The Balaban J connectivity index is 2.64. The number of nitrogens with zero attached hydrogens (tertiary/aromatic N) is 2. The van der Waals surface area contributed by atoms with Gasteiger partial charge < -0.3 is 16.0 Å². The van der Waals surface area contributed by atoms with Gasteiger partial charge in [0.25, 0.3) is 5.91 Å². The number of rotatable bonds is 7. The highest BCUT2D eigenvalue weighted by Gasteiger charge is 2.11. The van der Waals surface area contributed by atoms with Crippen LogP contribution in [0.3, 0.4) is 0 Å². The summed E-state index contributed by atoms with van der Waals surface area (Å²) in [5.41, 5.74) is 7.49. The summed E-state index contributed by atoms with van der Waals surface area (Å²) in [6.07, 6.45) is 1.01. The van der Waals surface area contributed by atoms with Crippen molar-refractivity contribution in [3.05, 3.63) is 35.4 Å². The second-order valence-corrected chi connectivity index (χ2v) is 4.80. The number of amides is 1. The lowest BCUT2D eigenvalue weighted by atomic mass is 10.1. The quantitative estimate of drug-likeness (QED) is 0.596. The van der Waals surface area contributed by atoms with Gasteiger partial charge in [-0.2, -0.15) is 0 Å². The molecule has 0 aliphatic carbocycles. The van der Waals surface area contributed by atoms with E-state index in [4.69, 9.17) is 5.73 Å². The number of benzene rings is 1. The largest absolute Gasteiger partial charge is 0.370 e. The standard InChI is InChI=1S/C16H26N4O/c1-4-11-18-16(17)19-12-13-7-9-14(10-8-13)15(21)20(5-2)6-3/h7-10H,4-6,11-12H2,1-3H3,(H3,17,18,19). The molecular formula is C16H26N4O. The van der Waals surface area contributed by atoms with Crippen molar-refractivity contribution in [2.24, 2.45) is 10.7 Å². The Bertz CT molecular complexity index is 464. The predicted molar refractivity (Wildman–Crippen MR) is 87.3 cm³/mol. The topological polar surface area (TPSA) is 70.7 Å². The van der Waals surface area contributed by atoms with Crippen LogP contribution in [0, 0.1) is 0 Å². The number of guanidine groups is 1. The van der Waals surface area contributed by atoms with Gasteiger partial charge in [-0.3, -0.25) is 4.79 Å². The first-order valence-electron chi connectivity index (χ1n) is 7.54. The molecule has 0 aromatic heterocycles. The molecule has 0 saturated carbocycles. The molecule has 0 unspecified atom stereocenters. The molecular weight excluding hydrogens is 264 g/mol. The first-order valence-corrected chi connectivity index (χ1v) is 7.54. The summed E-state index contributed by atoms with van der Waals surface area (Å²) < 4.78 is 0. The Morgan fingerprint density at radius 3 is 2.33 bits per heavy atom. The molecule has 0 aliphatic heterocycles. The molecule has 1 rings (SSSR count). The zero-order valence-corrected chi connectivity index (χ0v) is 13.2. The lowest BCUT2D eigenvalue weighted by Crippen LogP contribution is -2.32. The second kappa shape index (κ2) is 9.00. The van der Waals surface area contributed by atoms with Crippen molar-refractivity contribution in [2.45, 2.75) is 33.7 Å². The van der Waals surface area contributed by atoms with Crippen molar-refractivity contribution in [1.82, 2.24) is 10.2 Å². The van der Waals surface area contributed by atoms with E-state index in [0.717, 1.165) is 31.6 Å². The minimum atomic E-state index is 0.0687. The number of carbonyl (C=O) groups excluding carboxylic acids is 1. The van der Waals surface area contributed by atoms with Crippen molar-refractivity contribution in [2.75, 3.05) is 19.6 Å². The van der Waals surface area contributed by atoms with E-state index in [1.807, 2.05) is 38.1 Å². The normalized spacial score (nSPS) is 11.3. The Kier molecular flexibility index (Phi) is 7.29. The molecule has 0 spiro atoms. The van der Waals surface area contributed by atoms with Gasteiger partial charge in [0.15, 0.2) is 5.96 Å². The smallest absolute Gasteiger partial charge is 0.253 e. The third-order valence-electron chi connectivity index (χ3n) is 3.24. The summed E-state index contributed by atoms with van der Waals surface area (Å²) in [5.74, 6) is 0.527. The maximum Gasteiger partial charge on any atom is 0.253 e. The van der Waals surface area contributed by atoms with Crippen LogP contribution >= 0.6 is 0 Å². The zero-order valence-electron chi connectivity index (χ0n) is 13.2. The highest BCUT2D eigenvalue weighted by Crippen LogP contribution is 2.08. The highest BCUT2D eigenvalue weighted by molar-refractivity contribution is 5.94. The molecule has 5 heteroatoms. The number of carbonyl (C=O) groups is 1. The first kappa shape index (κ1) is 17.0. The molecule has 0 fully saturated rings. The van der Waals surface area contributed by atoms with Crippen LogP contribution < -0.4 is 11.1 Å². The minimum Gasteiger partial charge on any atom is -0.370 e. The van der Waals surface area contributed by atoms with E-state index in [1.165, 1.54) is 0 Å². The van der Waals surface area contributed by atoms with E-state index in [1.54, 1.807) is 4.90 Å². The lowest BCUT2D eigenvalue weighted by molar-refractivity contribution is 0.0773. The van der Waals surface area contributed by atoms with Gasteiger partial charge >= 0.3 is 0 Å². The maximum atomic E-state index is 12.2. The van der Waals surface area contributed by atoms with Gasteiger partial charge in [0, 0.05) is 25.2 Å². The van der Waals surface area contributed by atoms with E-state index < -0.39 is 0 Å². The lowest BCUT2D eigenvalue weighted by Gasteiger charge is -2.18. The number of hydrogen-bond donors (Lipinski definition) is 2. The van der Waals surface area contributed by atoms with Gasteiger partial charge in [-0.1, -0.05) is 19.1 Å². The van der Waals surface area contributed by atoms with Gasteiger partial charge in [0.05, 0.1) is 6.54 Å². The van der Waals surface area contributed by atoms with Crippen molar-refractivity contribution < 1.29 is 4.79 Å². The molecule has 5 nitrogen and oxygen atoms in total. The number of hydrogen-bond acceptors (Lipinski definition) is 2. The fourth-order valence-corrected chi connectivity index (χ4v) is 1.93. The van der Waals surface area contributed by atoms with Crippen LogP contribution in [-0.4, -0.2) is 36.4 Å². The van der Waals surface area contributed by atoms with E-state index in [9.17, 15) is 4.79 Å². The van der Waals surface area contributed by atoms with Crippen molar-refractivity contribution >= 4 is 11.9 Å². The fourth-order valence-electron chi connectivity index (χ4n) is 1.93. The second-order valence-electron chi connectivity index (χ2n) is 4.80. The molecule has 0 bridgehead atoms. The van der Waals surface area contributed by atoms with Crippen molar-refractivity contribution in [1.29, 1.82) is 0 Å². The Hall–Kier alpha value is -2.04. The van der Waals surface area contributed by atoms with Crippen LogP contribution in [0.1, 0.15) is 43.1 Å². The van der Waals surface area contributed by atoms with Gasteiger partial charge in [-0.05, 0) is 38.0 Å². The predicted octanol–water partition coefficient (Wildman–Crippen LogP) is 1.98. The molecule has 1 amide bonds. The Labute approximate surface area is 127 Å². The zero-order chi connectivity index (χ0) is 15.7. The molecule has 116 valence electrons. The van der Waals surface area contributed by atoms with Crippen LogP contribution in [0.2, 0.25) is 0 Å². The molecule has 1 aromatic rings. The molecule has 1 aromatic carbocycles. The highest BCUT2D eigenvalue weighted by atomic mass is 16.2. The molecule has 0 heterocycles. The van der Waals surface area contributed by atoms with Crippen LogP contribution in [0.4, 0.5) is 0 Å². The minimum absolute atomic E-state index is 0.0687. The van der Waals surface area contributed by atoms with E-state index in [0.29, 0.717) is 18.1 Å². The molecule has 0 atom stereocenters. The molecule has 0 radical (unpaired) electrons. The van der Waals surface area contributed by atoms with Crippen LogP contribution in [0.15, 0.2) is 29.3 Å². The summed E-state index contributed by atoms with van der Waals surface area (Å²) >= 11 is 0. The summed E-state index contributed by atoms with van der Waals surface area (Å²) in [5, 5.41) is 3.03. The monoisotopic (exact) mass is 290 g/mol. The molecule has 0 aliphatic rings. The Morgan fingerprint density at radius 1 is 1.19 bits per heavy atom. The average Bonchev–Trinajstić information content (AvgIpc) is 2.52.